The second-order valence-corrected chi connectivity index (χ2v) is 3.94. The molecule has 2 rings (SSSR count). The highest BCUT2D eigenvalue weighted by atomic mass is 35.5. The standard InChI is InChI=1S/C9H11ClN2O2/c1-11-6(10)2-3-7(11)12-8(13)4-5-9(12)14/h2-3,6-7H,4-5H2,1H3. The lowest BCUT2D eigenvalue weighted by atomic mass is 10.4. The summed E-state index contributed by atoms with van der Waals surface area (Å²) < 4.78 is 0. The van der Waals surface area contributed by atoms with Gasteiger partial charge in [-0.2, -0.15) is 0 Å². The summed E-state index contributed by atoms with van der Waals surface area (Å²) in [5, 5.41) is 0. The Morgan fingerprint density at radius 2 is 1.86 bits per heavy atom. The fourth-order valence-electron chi connectivity index (χ4n) is 1.77. The second kappa shape index (κ2) is 3.37. The Labute approximate surface area is 87.1 Å². The number of carbonyl (C=O) groups is 2. The lowest BCUT2D eigenvalue weighted by Gasteiger charge is -2.29. The normalized spacial score (nSPS) is 33.4. The zero-order valence-electron chi connectivity index (χ0n) is 7.81. The van der Waals surface area contributed by atoms with Crippen molar-refractivity contribution in [2.24, 2.45) is 0 Å². The average Bonchev–Trinajstić information content (AvgIpc) is 2.62. The van der Waals surface area contributed by atoms with Crippen LogP contribution in [0.2, 0.25) is 0 Å². The van der Waals surface area contributed by atoms with Crippen LogP contribution in [-0.2, 0) is 9.59 Å². The van der Waals surface area contributed by atoms with Crippen molar-refractivity contribution >= 4 is 23.4 Å². The van der Waals surface area contributed by atoms with Crippen LogP contribution < -0.4 is 0 Å². The first-order valence-corrected chi connectivity index (χ1v) is 4.94. The third kappa shape index (κ3) is 1.35. The van der Waals surface area contributed by atoms with E-state index >= 15 is 0 Å². The van der Waals surface area contributed by atoms with Gasteiger partial charge in [0.2, 0.25) is 11.8 Å². The quantitative estimate of drug-likeness (QED) is 0.277. The summed E-state index contributed by atoms with van der Waals surface area (Å²) in [5.41, 5.74) is -0.235. The van der Waals surface area contributed by atoms with E-state index in [-0.39, 0.29) is 23.5 Å². The number of nitrogens with zero attached hydrogens (tertiary/aromatic N) is 2. The predicted octanol–water partition coefficient (Wildman–Crippen LogP) is 0.528. The van der Waals surface area contributed by atoms with E-state index in [0.717, 1.165) is 0 Å². The van der Waals surface area contributed by atoms with Crippen LogP contribution >= 0.6 is 11.6 Å². The van der Waals surface area contributed by atoms with E-state index in [1.54, 1.807) is 24.1 Å². The number of alkyl halides is 1. The smallest absolute Gasteiger partial charge is 0.231 e. The minimum atomic E-state index is -0.292. The molecule has 2 amide bonds. The van der Waals surface area contributed by atoms with Crippen LogP contribution in [0, 0.1) is 0 Å². The highest BCUT2D eigenvalue weighted by molar-refractivity contribution is 6.21. The van der Waals surface area contributed by atoms with Crippen molar-refractivity contribution < 1.29 is 9.59 Å². The number of hydrogen-bond donors (Lipinski definition) is 0. The molecule has 0 aromatic heterocycles. The molecule has 2 atom stereocenters. The number of rotatable bonds is 1. The van der Waals surface area contributed by atoms with Crippen LogP contribution in [0.3, 0.4) is 0 Å². The number of halogens is 1. The first-order chi connectivity index (χ1) is 6.61. The predicted molar refractivity (Wildman–Crippen MR) is 51.4 cm³/mol. The summed E-state index contributed by atoms with van der Waals surface area (Å²) in [6.45, 7) is 0. The Morgan fingerprint density at radius 1 is 1.29 bits per heavy atom. The van der Waals surface area contributed by atoms with Crippen LogP contribution in [0.5, 0.6) is 0 Å². The maximum Gasteiger partial charge on any atom is 0.231 e. The molecular weight excluding hydrogens is 204 g/mol. The van der Waals surface area contributed by atoms with E-state index in [0.29, 0.717) is 12.8 Å². The Morgan fingerprint density at radius 3 is 2.29 bits per heavy atom. The molecule has 2 heterocycles. The van der Waals surface area contributed by atoms with Gasteiger partial charge in [0.25, 0.3) is 0 Å². The van der Waals surface area contributed by atoms with Crippen molar-refractivity contribution in [1.82, 2.24) is 9.80 Å². The molecule has 2 aliphatic rings. The summed E-state index contributed by atoms with van der Waals surface area (Å²) in [4.78, 5) is 25.9. The first-order valence-electron chi connectivity index (χ1n) is 4.50. The molecule has 5 heteroatoms. The molecule has 1 fully saturated rings. The van der Waals surface area contributed by atoms with Gasteiger partial charge in [-0.1, -0.05) is 6.08 Å². The summed E-state index contributed by atoms with van der Waals surface area (Å²) in [6.07, 6.45) is 3.93. The average molecular weight is 215 g/mol. The van der Waals surface area contributed by atoms with Gasteiger partial charge in [-0.3, -0.25) is 19.4 Å². The molecule has 1 saturated heterocycles. The van der Waals surface area contributed by atoms with Crippen molar-refractivity contribution in [1.29, 1.82) is 0 Å². The molecule has 2 unspecified atom stereocenters. The monoisotopic (exact) mass is 214 g/mol. The van der Waals surface area contributed by atoms with Crippen molar-refractivity contribution in [2.75, 3.05) is 7.05 Å². The summed E-state index contributed by atoms with van der Waals surface area (Å²) in [7, 11) is 1.79. The molecule has 0 aliphatic carbocycles. The van der Waals surface area contributed by atoms with E-state index < -0.39 is 0 Å². The fraction of sp³-hybridized carbons (Fsp3) is 0.556. The summed E-state index contributed by atoms with van der Waals surface area (Å²) >= 11 is 5.92. The van der Waals surface area contributed by atoms with Crippen LogP contribution in [0.15, 0.2) is 12.2 Å². The number of imide groups is 1. The summed E-state index contributed by atoms with van der Waals surface area (Å²) in [6, 6.07) is 0. The van der Waals surface area contributed by atoms with Gasteiger partial charge in [0, 0.05) is 12.8 Å². The Bertz CT molecular complexity index is 300. The maximum absolute atomic E-state index is 11.4. The molecule has 0 aromatic rings. The molecule has 2 aliphatic heterocycles. The third-order valence-electron chi connectivity index (χ3n) is 2.60. The maximum atomic E-state index is 11.4. The van der Waals surface area contributed by atoms with Gasteiger partial charge in [0.1, 0.15) is 11.7 Å². The molecule has 0 spiro atoms. The SMILES string of the molecule is CN1C(Cl)C=CC1N1C(=O)CCC1=O. The lowest BCUT2D eigenvalue weighted by molar-refractivity contribution is -0.143. The van der Waals surface area contributed by atoms with Gasteiger partial charge in [0.15, 0.2) is 0 Å². The molecule has 14 heavy (non-hydrogen) atoms. The van der Waals surface area contributed by atoms with Crippen LogP contribution in [-0.4, -0.2) is 40.3 Å². The lowest BCUT2D eigenvalue weighted by Crippen LogP contribution is -2.47. The number of likely N-dealkylation sites (N-methyl/N-ethyl adjacent to an activating group) is 1. The van der Waals surface area contributed by atoms with E-state index in [4.69, 9.17) is 11.6 Å². The van der Waals surface area contributed by atoms with Crippen molar-refractivity contribution in [3.63, 3.8) is 0 Å². The van der Waals surface area contributed by atoms with E-state index in [1.807, 2.05) is 0 Å². The topological polar surface area (TPSA) is 40.6 Å². The number of hydrogen-bond acceptors (Lipinski definition) is 3. The number of carbonyl (C=O) groups excluding carboxylic acids is 2. The van der Waals surface area contributed by atoms with Gasteiger partial charge in [-0.15, -0.1) is 11.6 Å². The van der Waals surface area contributed by atoms with Gasteiger partial charge in [0.05, 0.1) is 0 Å². The van der Waals surface area contributed by atoms with Crippen molar-refractivity contribution in [3.8, 4) is 0 Å². The molecule has 0 aromatic carbocycles. The molecule has 0 N–H and O–H groups in total. The molecule has 0 radical (unpaired) electrons. The van der Waals surface area contributed by atoms with Crippen molar-refractivity contribution in [3.05, 3.63) is 12.2 Å². The second-order valence-electron chi connectivity index (χ2n) is 3.49. The molecule has 0 saturated carbocycles. The zero-order chi connectivity index (χ0) is 10.3. The van der Waals surface area contributed by atoms with Crippen LogP contribution in [0.25, 0.3) is 0 Å². The van der Waals surface area contributed by atoms with Crippen LogP contribution in [0.4, 0.5) is 0 Å². The van der Waals surface area contributed by atoms with Crippen LogP contribution in [0.1, 0.15) is 12.8 Å². The molecular formula is C9H11ClN2O2. The molecule has 76 valence electrons. The summed E-state index contributed by atoms with van der Waals surface area (Å²) in [5.74, 6) is -0.218. The first kappa shape index (κ1) is 9.68. The van der Waals surface area contributed by atoms with E-state index in [1.165, 1.54) is 4.90 Å². The van der Waals surface area contributed by atoms with Crippen molar-refractivity contribution in [2.45, 2.75) is 24.5 Å². The fourth-order valence-corrected chi connectivity index (χ4v) is 1.97. The number of amides is 2. The minimum Gasteiger partial charge on any atom is -0.274 e. The van der Waals surface area contributed by atoms with E-state index in [9.17, 15) is 9.59 Å². The molecule has 4 nitrogen and oxygen atoms in total. The largest absolute Gasteiger partial charge is 0.274 e. The Hall–Kier alpha value is -0.870. The zero-order valence-corrected chi connectivity index (χ0v) is 8.57. The van der Waals surface area contributed by atoms with Gasteiger partial charge in [-0.25, -0.2) is 0 Å². The third-order valence-corrected chi connectivity index (χ3v) is 3.06. The highest BCUT2D eigenvalue weighted by Gasteiger charge is 2.38. The van der Waals surface area contributed by atoms with Gasteiger partial charge >= 0.3 is 0 Å². The van der Waals surface area contributed by atoms with Gasteiger partial charge < -0.3 is 0 Å². The Balaban J connectivity index is 2.19. The number of likely N-dealkylation sites (tertiary alicyclic amines) is 1. The highest BCUT2D eigenvalue weighted by Crippen LogP contribution is 2.25. The molecule has 0 bridgehead atoms. The minimum absolute atomic E-state index is 0.109. The Kier molecular flexibility index (Phi) is 2.33. The van der Waals surface area contributed by atoms with Gasteiger partial charge in [-0.05, 0) is 13.1 Å². The van der Waals surface area contributed by atoms with E-state index in [2.05, 4.69) is 0 Å².